The van der Waals surface area contributed by atoms with Gasteiger partial charge in [0.15, 0.2) is 0 Å². The van der Waals surface area contributed by atoms with Crippen LogP contribution in [0.3, 0.4) is 0 Å². The van der Waals surface area contributed by atoms with Crippen LogP contribution in [0.1, 0.15) is 30.0 Å². The van der Waals surface area contributed by atoms with Gasteiger partial charge in [0.1, 0.15) is 11.5 Å². The Bertz CT molecular complexity index is 788. The summed E-state index contributed by atoms with van der Waals surface area (Å²) < 4.78 is 10.8. The molecule has 1 aliphatic rings. The molecular weight excluding hydrogens is 366 g/mol. The van der Waals surface area contributed by atoms with E-state index in [1.54, 1.807) is 19.1 Å². The van der Waals surface area contributed by atoms with Gasteiger partial charge in [0.2, 0.25) is 0 Å². The molecule has 1 N–H and O–H groups in total. The van der Waals surface area contributed by atoms with Crippen molar-refractivity contribution in [2.45, 2.75) is 25.4 Å². The molecular formula is C23H31N3O3. The van der Waals surface area contributed by atoms with Crippen molar-refractivity contribution in [3.8, 4) is 11.5 Å². The molecule has 1 unspecified atom stereocenters. The number of methoxy groups -OCH3 is 2. The number of amides is 2. The first-order valence-corrected chi connectivity index (χ1v) is 10.1. The normalized spacial score (nSPS) is 15.0. The summed E-state index contributed by atoms with van der Waals surface area (Å²) in [7, 11) is 5.15. The monoisotopic (exact) mass is 397 g/mol. The van der Waals surface area contributed by atoms with E-state index in [1.807, 2.05) is 49.5 Å². The summed E-state index contributed by atoms with van der Waals surface area (Å²) >= 11 is 0. The van der Waals surface area contributed by atoms with Gasteiger partial charge >= 0.3 is 6.03 Å². The number of carbonyl (C=O) groups excluding carboxylic acids is 1. The molecule has 1 aliphatic heterocycles. The minimum absolute atomic E-state index is 0.0834. The molecule has 2 aromatic rings. The predicted molar refractivity (Wildman–Crippen MR) is 114 cm³/mol. The number of hydrogen-bond acceptors (Lipinski definition) is 4. The second-order valence-corrected chi connectivity index (χ2v) is 7.39. The highest BCUT2D eigenvalue weighted by molar-refractivity contribution is 5.74. The van der Waals surface area contributed by atoms with Crippen LogP contribution in [0.25, 0.3) is 0 Å². The fourth-order valence-corrected chi connectivity index (χ4v) is 3.83. The van der Waals surface area contributed by atoms with Gasteiger partial charge in [0.25, 0.3) is 0 Å². The van der Waals surface area contributed by atoms with E-state index in [-0.39, 0.29) is 12.1 Å². The number of ether oxygens (including phenoxy) is 2. The molecule has 6 heteroatoms. The Balaban J connectivity index is 1.64. The minimum atomic E-state index is -0.0834. The summed E-state index contributed by atoms with van der Waals surface area (Å²) in [6, 6.07) is 15.9. The minimum Gasteiger partial charge on any atom is -0.497 e. The van der Waals surface area contributed by atoms with E-state index in [0.717, 1.165) is 35.7 Å². The maximum Gasteiger partial charge on any atom is 0.317 e. The van der Waals surface area contributed by atoms with Gasteiger partial charge in [-0.05, 0) is 49.7 Å². The van der Waals surface area contributed by atoms with Gasteiger partial charge in [0.05, 0.1) is 20.3 Å². The Kier molecular flexibility index (Phi) is 7.36. The lowest BCUT2D eigenvalue weighted by molar-refractivity contribution is 0.194. The number of nitrogens with zero attached hydrogens (tertiary/aromatic N) is 2. The molecule has 0 spiro atoms. The number of likely N-dealkylation sites (tertiary alicyclic amines) is 1. The van der Waals surface area contributed by atoms with Crippen molar-refractivity contribution in [1.29, 1.82) is 0 Å². The molecule has 0 radical (unpaired) electrons. The molecule has 1 fully saturated rings. The van der Waals surface area contributed by atoms with Gasteiger partial charge in [0, 0.05) is 25.7 Å². The first-order valence-electron chi connectivity index (χ1n) is 10.1. The van der Waals surface area contributed by atoms with Crippen molar-refractivity contribution in [2.24, 2.45) is 0 Å². The first-order chi connectivity index (χ1) is 14.1. The van der Waals surface area contributed by atoms with Crippen LogP contribution in [0.4, 0.5) is 4.79 Å². The summed E-state index contributed by atoms with van der Waals surface area (Å²) in [4.78, 5) is 16.8. The van der Waals surface area contributed by atoms with Crippen molar-refractivity contribution < 1.29 is 14.3 Å². The van der Waals surface area contributed by atoms with Crippen LogP contribution in [-0.4, -0.2) is 56.7 Å². The number of carbonyl (C=O) groups is 1. The highest BCUT2D eigenvalue weighted by Crippen LogP contribution is 2.31. The fraction of sp³-hybridized carbons (Fsp3) is 0.435. The largest absolute Gasteiger partial charge is 0.497 e. The van der Waals surface area contributed by atoms with E-state index < -0.39 is 0 Å². The molecule has 0 saturated carbocycles. The van der Waals surface area contributed by atoms with Gasteiger partial charge in [-0.25, -0.2) is 4.79 Å². The second-order valence-electron chi connectivity index (χ2n) is 7.39. The van der Waals surface area contributed by atoms with E-state index in [4.69, 9.17) is 9.47 Å². The average molecular weight is 398 g/mol. The maximum atomic E-state index is 12.7. The molecule has 156 valence electrons. The molecule has 1 atom stereocenters. The summed E-state index contributed by atoms with van der Waals surface area (Å²) in [6.45, 7) is 3.17. The van der Waals surface area contributed by atoms with Gasteiger partial charge in [-0.2, -0.15) is 0 Å². The standard InChI is InChI=1S/C23H31N3O3/c1-25(17-18-10-12-19(28-2)13-11-18)23(27)24-16-21(26-14-6-7-15-26)20-8-4-5-9-22(20)29-3/h4-5,8-13,21H,6-7,14-17H2,1-3H3,(H,24,27). The lowest BCUT2D eigenvalue weighted by atomic mass is 10.0. The first kappa shape index (κ1) is 21.0. The number of rotatable bonds is 8. The molecule has 0 aliphatic carbocycles. The molecule has 2 amide bonds. The Morgan fingerprint density at radius 1 is 1.07 bits per heavy atom. The topological polar surface area (TPSA) is 54.0 Å². The SMILES string of the molecule is COc1ccc(CN(C)C(=O)NCC(c2ccccc2OC)N2CCCC2)cc1. The van der Waals surface area contributed by atoms with E-state index in [1.165, 1.54) is 12.8 Å². The Morgan fingerprint density at radius 2 is 1.76 bits per heavy atom. The molecule has 1 heterocycles. The number of para-hydroxylation sites is 1. The van der Waals surface area contributed by atoms with Crippen molar-refractivity contribution in [3.63, 3.8) is 0 Å². The van der Waals surface area contributed by atoms with E-state index >= 15 is 0 Å². The van der Waals surface area contributed by atoms with Gasteiger partial charge in [-0.3, -0.25) is 4.90 Å². The molecule has 3 rings (SSSR count). The van der Waals surface area contributed by atoms with Crippen LogP contribution in [0.5, 0.6) is 11.5 Å². The van der Waals surface area contributed by atoms with Crippen LogP contribution in [0.15, 0.2) is 48.5 Å². The third-order valence-corrected chi connectivity index (χ3v) is 5.45. The molecule has 0 bridgehead atoms. The van der Waals surface area contributed by atoms with Gasteiger partial charge < -0.3 is 19.7 Å². The average Bonchev–Trinajstić information content (AvgIpc) is 3.29. The zero-order valence-electron chi connectivity index (χ0n) is 17.6. The van der Waals surface area contributed by atoms with Crippen LogP contribution in [0, 0.1) is 0 Å². The summed E-state index contributed by atoms with van der Waals surface area (Å²) in [5.41, 5.74) is 2.18. The summed E-state index contributed by atoms with van der Waals surface area (Å²) in [5.74, 6) is 1.68. The van der Waals surface area contributed by atoms with Crippen LogP contribution < -0.4 is 14.8 Å². The van der Waals surface area contributed by atoms with Crippen molar-refractivity contribution in [2.75, 3.05) is 40.9 Å². The van der Waals surface area contributed by atoms with E-state index in [2.05, 4.69) is 16.3 Å². The molecule has 29 heavy (non-hydrogen) atoms. The summed E-state index contributed by atoms with van der Waals surface area (Å²) in [6.07, 6.45) is 2.38. The number of urea groups is 1. The number of nitrogens with one attached hydrogen (secondary N) is 1. The smallest absolute Gasteiger partial charge is 0.317 e. The zero-order valence-corrected chi connectivity index (χ0v) is 17.6. The Morgan fingerprint density at radius 3 is 2.41 bits per heavy atom. The van der Waals surface area contributed by atoms with Crippen LogP contribution >= 0.6 is 0 Å². The molecule has 1 saturated heterocycles. The van der Waals surface area contributed by atoms with Gasteiger partial charge in [-0.15, -0.1) is 0 Å². The lowest BCUT2D eigenvalue weighted by Gasteiger charge is -2.30. The predicted octanol–water partition coefficient (Wildman–Crippen LogP) is 3.68. The van der Waals surface area contributed by atoms with Crippen molar-refractivity contribution in [3.05, 3.63) is 59.7 Å². The lowest BCUT2D eigenvalue weighted by Crippen LogP contribution is -2.42. The maximum absolute atomic E-state index is 12.7. The van der Waals surface area contributed by atoms with Crippen LogP contribution in [-0.2, 0) is 6.54 Å². The quantitative estimate of drug-likeness (QED) is 0.738. The molecule has 0 aromatic heterocycles. The molecule has 2 aromatic carbocycles. The highest BCUT2D eigenvalue weighted by atomic mass is 16.5. The number of benzene rings is 2. The fourth-order valence-electron chi connectivity index (χ4n) is 3.83. The summed E-state index contributed by atoms with van der Waals surface area (Å²) in [5, 5.41) is 3.12. The highest BCUT2D eigenvalue weighted by Gasteiger charge is 2.26. The Hall–Kier alpha value is -2.73. The van der Waals surface area contributed by atoms with Crippen LogP contribution in [0.2, 0.25) is 0 Å². The molecule has 6 nitrogen and oxygen atoms in total. The van der Waals surface area contributed by atoms with Crippen molar-refractivity contribution >= 4 is 6.03 Å². The van der Waals surface area contributed by atoms with E-state index in [9.17, 15) is 4.79 Å². The van der Waals surface area contributed by atoms with Gasteiger partial charge in [-0.1, -0.05) is 30.3 Å². The number of hydrogen-bond donors (Lipinski definition) is 1. The Labute approximate surface area is 173 Å². The zero-order chi connectivity index (χ0) is 20.6. The van der Waals surface area contributed by atoms with E-state index in [0.29, 0.717) is 13.1 Å². The third-order valence-electron chi connectivity index (χ3n) is 5.45. The second kappa shape index (κ2) is 10.2. The third kappa shape index (κ3) is 5.41. The van der Waals surface area contributed by atoms with Crippen molar-refractivity contribution in [1.82, 2.24) is 15.1 Å².